The summed E-state index contributed by atoms with van der Waals surface area (Å²) in [7, 11) is 1.28. The van der Waals surface area contributed by atoms with Gasteiger partial charge in [0.2, 0.25) is 0 Å². The normalized spacial score (nSPS) is 10.6. The highest BCUT2D eigenvalue weighted by Crippen LogP contribution is 2.33. The summed E-state index contributed by atoms with van der Waals surface area (Å²) in [5.74, 6) is -1.64. The van der Waals surface area contributed by atoms with Gasteiger partial charge in [0, 0.05) is 11.9 Å². The molecule has 8 nitrogen and oxygen atoms in total. The number of anilines is 1. The summed E-state index contributed by atoms with van der Waals surface area (Å²) in [5.41, 5.74) is 6.22. The summed E-state index contributed by atoms with van der Waals surface area (Å²) < 4.78 is 36.3. The second kappa shape index (κ2) is 8.38. The Morgan fingerprint density at radius 3 is 2.45 bits per heavy atom. The molecule has 0 bridgehead atoms. The van der Waals surface area contributed by atoms with Gasteiger partial charge in [-0.2, -0.15) is 13.9 Å². The van der Waals surface area contributed by atoms with Crippen LogP contribution < -0.4 is 20.5 Å². The molecule has 0 spiro atoms. The fraction of sp³-hybridized carbons (Fsp3) is 0.105. The number of ether oxygens (including phenoxy) is 2. The first-order chi connectivity index (χ1) is 13.9. The van der Waals surface area contributed by atoms with E-state index in [1.54, 1.807) is 30.5 Å². The summed E-state index contributed by atoms with van der Waals surface area (Å²) >= 11 is 0. The molecule has 3 aromatic rings. The average molecular weight is 402 g/mol. The van der Waals surface area contributed by atoms with Gasteiger partial charge < -0.3 is 20.5 Å². The highest BCUT2D eigenvalue weighted by molar-refractivity contribution is 6.06. The molecule has 0 aliphatic rings. The number of hydrogen-bond donors (Lipinski definition) is 2. The largest absolute Gasteiger partial charge is 0.493 e. The van der Waals surface area contributed by atoms with Gasteiger partial charge in [-0.3, -0.25) is 9.59 Å². The first-order valence-electron chi connectivity index (χ1n) is 8.28. The summed E-state index contributed by atoms with van der Waals surface area (Å²) in [4.78, 5) is 23.7. The van der Waals surface area contributed by atoms with Crippen molar-refractivity contribution in [2.45, 2.75) is 6.61 Å². The third-order valence-corrected chi connectivity index (χ3v) is 3.88. The molecule has 2 amide bonds. The number of nitrogens with one attached hydrogen (secondary N) is 1. The Hall–Kier alpha value is -3.95. The first kappa shape index (κ1) is 19.8. The van der Waals surface area contributed by atoms with Gasteiger partial charge in [-0.05, 0) is 42.5 Å². The molecule has 10 heteroatoms. The summed E-state index contributed by atoms with van der Waals surface area (Å²) in [6.07, 6.45) is 1.57. The molecular formula is C19H16F2N4O4. The molecule has 0 aliphatic carbocycles. The number of methoxy groups -OCH3 is 1. The van der Waals surface area contributed by atoms with Crippen LogP contribution in [-0.2, 0) is 0 Å². The molecule has 150 valence electrons. The van der Waals surface area contributed by atoms with Gasteiger partial charge in [0.25, 0.3) is 11.8 Å². The summed E-state index contributed by atoms with van der Waals surface area (Å²) in [6.45, 7) is -3.11. The summed E-state index contributed by atoms with van der Waals surface area (Å²) in [5, 5.41) is 6.63. The van der Waals surface area contributed by atoms with Crippen LogP contribution in [0.15, 0.2) is 54.7 Å². The number of amides is 2. The standard InChI is InChI=1S/C19H16F2N4O4/c1-28-15-4-2-3-13(16(15)29-19(20)21)18(27)23-11-5-7-12(8-6-11)25-10-9-14(24-25)17(22)26/h2-10,19H,1H3,(H2,22,26)(H,23,27). The topological polar surface area (TPSA) is 108 Å². The van der Waals surface area contributed by atoms with E-state index < -0.39 is 18.4 Å². The quantitative estimate of drug-likeness (QED) is 0.632. The maximum Gasteiger partial charge on any atom is 0.387 e. The minimum atomic E-state index is -3.11. The summed E-state index contributed by atoms with van der Waals surface area (Å²) in [6, 6.07) is 12.2. The highest BCUT2D eigenvalue weighted by Gasteiger charge is 2.20. The number of rotatable bonds is 7. The lowest BCUT2D eigenvalue weighted by molar-refractivity contribution is -0.0515. The van der Waals surface area contributed by atoms with Crippen LogP contribution in [0.5, 0.6) is 11.5 Å². The number of carbonyl (C=O) groups is 2. The number of halogens is 2. The van der Waals surface area contributed by atoms with E-state index in [1.165, 1.54) is 36.1 Å². The predicted molar refractivity (Wildman–Crippen MR) is 99.7 cm³/mol. The molecule has 1 heterocycles. The van der Waals surface area contributed by atoms with Gasteiger partial charge in [0.05, 0.1) is 18.4 Å². The fourth-order valence-electron chi connectivity index (χ4n) is 2.56. The van der Waals surface area contributed by atoms with E-state index in [4.69, 9.17) is 10.5 Å². The third-order valence-electron chi connectivity index (χ3n) is 3.88. The van der Waals surface area contributed by atoms with Crippen molar-refractivity contribution in [3.8, 4) is 17.2 Å². The van der Waals surface area contributed by atoms with E-state index in [-0.39, 0.29) is 22.8 Å². The minimum Gasteiger partial charge on any atom is -0.493 e. The SMILES string of the molecule is COc1cccc(C(=O)Nc2ccc(-n3ccc(C(N)=O)n3)cc2)c1OC(F)F. The Bertz CT molecular complexity index is 1030. The van der Waals surface area contributed by atoms with Crippen LogP contribution in [0.4, 0.5) is 14.5 Å². The van der Waals surface area contributed by atoms with Gasteiger partial charge >= 0.3 is 6.61 Å². The molecule has 1 aromatic heterocycles. The molecule has 29 heavy (non-hydrogen) atoms. The number of para-hydroxylation sites is 1. The Morgan fingerprint density at radius 1 is 1.14 bits per heavy atom. The van der Waals surface area contributed by atoms with Crippen molar-refractivity contribution in [3.05, 3.63) is 66.0 Å². The number of carbonyl (C=O) groups excluding carboxylic acids is 2. The molecule has 0 aliphatic heterocycles. The van der Waals surface area contributed by atoms with Gasteiger partial charge in [0.1, 0.15) is 5.69 Å². The lowest BCUT2D eigenvalue weighted by Crippen LogP contribution is -2.15. The van der Waals surface area contributed by atoms with Crippen molar-refractivity contribution in [1.82, 2.24) is 9.78 Å². The van der Waals surface area contributed by atoms with Crippen molar-refractivity contribution < 1.29 is 27.8 Å². The average Bonchev–Trinajstić information content (AvgIpc) is 3.19. The molecule has 0 saturated carbocycles. The van der Waals surface area contributed by atoms with Crippen molar-refractivity contribution >= 4 is 17.5 Å². The number of primary amides is 1. The van der Waals surface area contributed by atoms with Gasteiger partial charge in [-0.25, -0.2) is 4.68 Å². The van der Waals surface area contributed by atoms with Crippen molar-refractivity contribution in [2.24, 2.45) is 5.73 Å². The lowest BCUT2D eigenvalue weighted by Gasteiger charge is -2.14. The molecule has 3 rings (SSSR count). The second-order valence-corrected chi connectivity index (χ2v) is 5.73. The smallest absolute Gasteiger partial charge is 0.387 e. The van der Waals surface area contributed by atoms with Crippen LogP contribution in [0, 0.1) is 0 Å². The number of alkyl halides is 2. The molecule has 0 fully saturated rings. The van der Waals surface area contributed by atoms with Crippen LogP contribution >= 0.6 is 0 Å². The van der Waals surface area contributed by atoms with Crippen LogP contribution in [0.25, 0.3) is 5.69 Å². The van der Waals surface area contributed by atoms with Crippen molar-refractivity contribution in [3.63, 3.8) is 0 Å². The number of hydrogen-bond acceptors (Lipinski definition) is 5. The molecule has 0 saturated heterocycles. The van der Waals surface area contributed by atoms with Gasteiger partial charge in [-0.15, -0.1) is 0 Å². The monoisotopic (exact) mass is 402 g/mol. The maximum absolute atomic E-state index is 12.7. The Kier molecular flexibility index (Phi) is 5.72. The van der Waals surface area contributed by atoms with Crippen LogP contribution in [0.3, 0.4) is 0 Å². The van der Waals surface area contributed by atoms with E-state index in [2.05, 4.69) is 15.2 Å². The van der Waals surface area contributed by atoms with Crippen LogP contribution in [-0.4, -0.2) is 35.3 Å². The Morgan fingerprint density at radius 2 is 1.86 bits per heavy atom. The van der Waals surface area contributed by atoms with E-state index in [1.807, 2.05) is 0 Å². The molecule has 3 N–H and O–H groups in total. The number of nitrogens with two attached hydrogens (primary N) is 1. The van der Waals surface area contributed by atoms with E-state index in [0.29, 0.717) is 11.4 Å². The third kappa shape index (κ3) is 4.49. The number of aromatic nitrogens is 2. The lowest BCUT2D eigenvalue weighted by atomic mass is 10.1. The Balaban J connectivity index is 1.80. The maximum atomic E-state index is 12.7. The van der Waals surface area contributed by atoms with Gasteiger partial charge in [0.15, 0.2) is 11.5 Å². The number of nitrogens with zero attached hydrogens (tertiary/aromatic N) is 2. The van der Waals surface area contributed by atoms with Crippen LogP contribution in [0.1, 0.15) is 20.8 Å². The molecular weight excluding hydrogens is 386 g/mol. The number of benzene rings is 2. The first-order valence-corrected chi connectivity index (χ1v) is 8.28. The molecule has 2 aromatic carbocycles. The van der Waals surface area contributed by atoms with Gasteiger partial charge in [-0.1, -0.05) is 6.07 Å². The second-order valence-electron chi connectivity index (χ2n) is 5.73. The predicted octanol–water partition coefficient (Wildman–Crippen LogP) is 2.83. The van der Waals surface area contributed by atoms with E-state index in [0.717, 1.165) is 0 Å². The molecule has 0 radical (unpaired) electrons. The fourth-order valence-corrected chi connectivity index (χ4v) is 2.56. The van der Waals surface area contributed by atoms with E-state index >= 15 is 0 Å². The Labute approximate surface area is 163 Å². The minimum absolute atomic E-state index is 0.0113. The van der Waals surface area contributed by atoms with E-state index in [9.17, 15) is 18.4 Å². The molecule has 0 atom stereocenters. The van der Waals surface area contributed by atoms with Crippen LogP contribution in [0.2, 0.25) is 0 Å². The zero-order valence-corrected chi connectivity index (χ0v) is 15.1. The molecule has 0 unspecified atom stereocenters. The highest BCUT2D eigenvalue weighted by atomic mass is 19.3. The zero-order chi connectivity index (χ0) is 21.0. The zero-order valence-electron chi connectivity index (χ0n) is 15.1. The van der Waals surface area contributed by atoms with Crippen molar-refractivity contribution in [2.75, 3.05) is 12.4 Å². The van der Waals surface area contributed by atoms with Crippen molar-refractivity contribution in [1.29, 1.82) is 0 Å².